The molecule has 0 spiro atoms. The van der Waals surface area contributed by atoms with Crippen LogP contribution in [0.2, 0.25) is 0 Å². The molecule has 208 valence electrons. The third-order valence-corrected chi connectivity index (χ3v) is 5.83. The molecule has 1 heterocycles. The van der Waals surface area contributed by atoms with Gasteiger partial charge in [0.2, 0.25) is 17.7 Å². The monoisotopic (exact) mass is 532 g/mol. The number of amides is 3. The van der Waals surface area contributed by atoms with Crippen molar-refractivity contribution in [2.24, 2.45) is 22.2 Å². The maximum absolute atomic E-state index is 13.2. The molecule has 0 aliphatic carbocycles. The predicted molar refractivity (Wildman–Crippen MR) is 141 cm³/mol. The molecule has 5 atom stereocenters. The quantitative estimate of drug-likeness (QED) is 0.0742. The number of guanidine groups is 1. The van der Waals surface area contributed by atoms with Crippen LogP contribution in [0.15, 0.2) is 35.5 Å². The molecule has 0 fully saturated rings. The van der Waals surface area contributed by atoms with E-state index >= 15 is 0 Å². The summed E-state index contributed by atoms with van der Waals surface area (Å²) in [6, 6.07) is 2.66. The number of hydrogen-bond donors (Lipinski definition) is 9. The largest absolute Gasteiger partial charge is 0.480 e. The van der Waals surface area contributed by atoms with Gasteiger partial charge in [0.05, 0.1) is 12.1 Å². The van der Waals surface area contributed by atoms with Crippen LogP contribution in [0.4, 0.5) is 0 Å². The lowest BCUT2D eigenvalue weighted by molar-refractivity contribution is -0.145. The molecular weight excluding hydrogens is 496 g/mol. The number of aliphatic imine (C=N–C) groups is 1. The van der Waals surface area contributed by atoms with Crippen molar-refractivity contribution in [2.75, 3.05) is 6.54 Å². The molecule has 5 unspecified atom stereocenters. The average molecular weight is 533 g/mol. The Hall–Kier alpha value is -4.17. The number of aromatic nitrogens is 1. The van der Waals surface area contributed by atoms with Gasteiger partial charge in [-0.2, -0.15) is 0 Å². The number of aliphatic carboxylic acids is 1. The summed E-state index contributed by atoms with van der Waals surface area (Å²) in [5, 5.41) is 27.0. The highest BCUT2D eigenvalue weighted by atomic mass is 16.4. The second-order valence-corrected chi connectivity index (χ2v) is 8.98. The first-order valence-electron chi connectivity index (χ1n) is 12.1. The van der Waals surface area contributed by atoms with Gasteiger partial charge in [-0.25, -0.2) is 4.79 Å². The summed E-state index contributed by atoms with van der Waals surface area (Å²) < 4.78 is 0. The first-order valence-corrected chi connectivity index (χ1v) is 12.1. The van der Waals surface area contributed by atoms with Gasteiger partial charge in [-0.3, -0.25) is 19.4 Å². The fourth-order valence-corrected chi connectivity index (χ4v) is 3.71. The lowest BCUT2D eigenvalue weighted by Gasteiger charge is -2.24. The summed E-state index contributed by atoms with van der Waals surface area (Å²) in [7, 11) is 0. The van der Waals surface area contributed by atoms with Gasteiger partial charge in [-0.05, 0) is 38.3 Å². The molecule has 1 aromatic carbocycles. The Balaban J connectivity index is 2.15. The maximum atomic E-state index is 13.2. The number of aliphatic hydroxyl groups is 1. The summed E-state index contributed by atoms with van der Waals surface area (Å²) >= 11 is 0. The van der Waals surface area contributed by atoms with E-state index in [1.54, 1.807) is 6.20 Å². The topological polar surface area (TPSA) is 251 Å². The number of aromatic amines is 1. The number of carbonyl (C=O) groups is 4. The van der Waals surface area contributed by atoms with Gasteiger partial charge >= 0.3 is 5.97 Å². The van der Waals surface area contributed by atoms with E-state index in [1.807, 2.05) is 24.3 Å². The van der Waals surface area contributed by atoms with E-state index in [9.17, 15) is 29.4 Å². The normalized spacial score (nSPS) is 14.9. The van der Waals surface area contributed by atoms with E-state index in [0.29, 0.717) is 13.0 Å². The molecule has 2 aromatic rings. The lowest BCUT2D eigenvalue weighted by Crippen LogP contribution is -2.57. The number of benzene rings is 1. The molecular formula is C24H36N8O6. The van der Waals surface area contributed by atoms with Crippen molar-refractivity contribution < 1.29 is 29.4 Å². The Bertz CT molecular complexity index is 1160. The van der Waals surface area contributed by atoms with Crippen molar-refractivity contribution in [1.82, 2.24) is 20.9 Å². The Labute approximate surface area is 219 Å². The summed E-state index contributed by atoms with van der Waals surface area (Å²) in [6.07, 6.45) is 1.15. The number of carboxylic acids is 1. The summed E-state index contributed by atoms with van der Waals surface area (Å²) in [5.74, 6) is -3.57. The summed E-state index contributed by atoms with van der Waals surface area (Å²) in [5.41, 5.74) is 18.2. The van der Waals surface area contributed by atoms with Crippen LogP contribution < -0.4 is 33.2 Å². The first kappa shape index (κ1) is 30.1. The minimum atomic E-state index is -1.56. The van der Waals surface area contributed by atoms with Gasteiger partial charge in [0, 0.05) is 30.1 Å². The van der Waals surface area contributed by atoms with Gasteiger partial charge < -0.3 is 48.3 Å². The number of nitrogens with two attached hydrogens (primary N) is 3. The van der Waals surface area contributed by atoms with Crippen LogP contribution in [0, 0.1) is 0 Å². The van der Waals surface area contributed by atoms with E-state index in [-0.39, 0.29) is 18.8 Å². The van der Waals surface area contributed by atoms with Gasteiger partial charge in [0.1, 0.15) is 12.1 Å². The highest BCUT2D eigenvalue weighted by Gasteiger charge is 2.30. The van der Waals surface area contributed by atoms with E-state index in [4.69, 9.17) is 17.2 Å². The number of fused-ring (bicyclic) bond motifs is 1. The lowest BCUT2D eigenvalue weighted by atomic mass is 10.0. The molecule has 1 aromatic heterocycles. The number of aliphatic hydroxyl groups excluding tert-OH is 1. The number of H-pyrrole nitrogens is 1. The third kappa shape index (κ3) is 8.74. The van der Waals surface area contributed by atoms with Crippen molar-refractivity contribution in [3.63, 3.8) is 0 Å². The van der Waals surface area contributed by atoms with Crippen LogP contribution in [0.3, 0.4) is 0 Å². The molecule has 38 heavy (non-hydrogen) atoms. The highest BCUT2D eigenvalue weighted by Crippen LogP contribution is 2.19. The molecule has 14 heteroatoms. The van der Waals surface area contributed by atoms with Gasteiger partial charge in [-0.1, -0.05) is 18.2 Å². The SMILES string of the molecule is CC(NC(=O)C(Cc1c[nH]c2ccccc12)NC(=O)C(N)CCCN=C(N)N)C(=O)NC(C(=O)O)C(C)O. The summed E-state index contributed by atoms with van der Waals surface area (Å²) in [6.45, 7) is 2.86. The van der Waals surface area contributed by atoms with E-state index in [2.05, 4.69) is 25.9 Å². The van der Waals surface area contributed by atoms with E-state index in [1.165, 1.54) is 13.8 Å². The van der Waals surface area contributed by atoms with Crippen LogP contribution in [0.1, 0.15) is 32.3 Å². The summed E-state index contributed by atoms with van der Waals surface area (Å²) in [4.78, 5) is 56.7. The maximum Gasteiger partial charge on any atom is 0.328 e. The number of carbonyl (C=O) groups excluding carboxylic acids is 3. The molecule has 0 aliphatic heterocycles. The molecule has 14 nitrogen and oxygen atoms in total. The van der Waals surface area contributed by atoms with Gasteiger partial charge in [0.25, 0.3) is 0 Å². The Morgan fingerprint density at radius 1 is 1.03 bits per heavy atom. The van der Waals surface area contributed by atoms with Gasteiger partial charge in [0.15, 0.2) is 12.0 Å². The van der Waals surface area contributed by atoms with Crippen LogP contribution in [0.5, 0.6) is 0 Å². The van der Waals surface area contributed by atoms with Crippen LogP contribution in [-0.4, -0.2) is 81.7 Å². The molecule has 0 bridgehead atoms. The fraction of sp³-hybridized carbons (Fsp3) is 0.458. The average Bonchev–Trinajstić information content (AvgIpc) is 3.26. The number of carboxylic acid groups (broad SMARTS) is 1. The van der Waals surface area contributed by atoms with E-state index in [0.717, 1.165) is 16.5 Å². The molecule has 2 rings (SSSR count). The standard InChI is InChI=1S/C24H36N8O6/c1-12(20(34)32-19(13(2)33)23(37)38)30-22(36)18(10-14-11-29-17-8-4-3-6-15(14)17)31-21(35)16(25)7-5-9-28-24(26)27/h3-4,6,8,11-13,16,18-19,29,33H,5,7,9-10,25H2,1-2H3,(H,30,36)(H,31,35)(H,32,34)(H,37,38)(H4,26,27,28). The third-order valence-electron chi connectivity index (χ3n) is 5.83. The van der Waals surface area contributed by atoms with Crippen molar-refractivity contribution in [1.29, 1.82) is 0 Å². The smallest absolute Gasteiger partial charge is 0.328 e. The minimum absolute atomic E-state index is 0.0697. The molecule has 0 radical (unpaired) electrons. The van der Waals surface area contributed by atoms with Crippen LogP contribution >= 0.6 is 0 Å². The van der Waals surface area contributed by atoms with Gasteiger partial charge in [-0.15, -0.1) is 0 Å². The second kappa shape index (κ2) is 13.9. The van der Waals surface area contributed by atoms with Crippen molar-refractivity contribution in [2.45, 2.75) is 63.4 Å². The zero-order valence-corrected chi connectivity index (χ0v) is 21.3. The number of para-hydroxylation sites is 1. The Kier molecular flexibility index (Phi) is 11.0. The number of nitrogens with zero attached hydrogens (tertiary/aromatic N) is 1. The Morgan fingerprint density at radius 2 is 1.71 bits per heavy atom. The number of hydrogen-bond acceptors (Lipinski definition) is 7. The Morgan fingerprint density at radius 3 is 2.34 bits per heavy atom. The second-order valence-electron chi connectivity index (χ2n) is 8.98. The zero-order valence-electron chi connectivity index (χ0n) is 21.3. The fourth-order valence-electron chi connectivity index (χ4n) is 3.71. The molecule has 0 saturated carbocycles. The van der Waals surface area contributed by atoms with Crippen molar-refractivity contribution in [3.05, 3.63) is 36.0 Å². The first-order chi connectivity index (χ1) is 17.9. The van der Waals surface area contributed by atoms with Crippen molar-refractivity contribution in [3.8, 4) is 0 Å². The number of rotatable bonds is 14. The molecule has 3 amide bonds. The van der Waals surface area contributed by atoms with Crippen LogP contribution in [-0.2, 0) is 25.6 Å². The molecule has 12 N–H and O–H groups in total. The van der Waals surface area contributed by atoms with Crippen molar-refractivity contribution >= 4 is 40.6 Å². The molecule has 0 aliphatic rings. The number of nitrogens with one attached hydrogen (secondary N) is 4. The van der Waals surface area contributed by atoms with Crippen LogP contribution in [0.25, 0.3) is 10.9 Å². The van der Waals surface area contributed by atoms with E-state index < -0.39 is 54.0 Å². The molecule has 0 saturated heterocycles. The minimum Gasteiger partial charge on any atom is -0.480 e. The highest BCUT2D eigenvalue weighted by molar-refractivity contribution is 5.94. The predicted octanol–water partition coefficient (Wildman–Crippen LogP) is -1.97. The zero-order chi connectivity index (χ0) is 28.4.